The molecule has 0 saturated carbocycles. The number of nitrogens with zero attached hydrogens (tertiary/aromatic N) is 3. The molecule has 0 aliphatic rings. The Kier molecular flexibility index (Phi) is 7.48. The minimum Gasteiger partial charge on any atom is -0.370 e. The van der Waals surface area contributed by atoms with Gasteiger partial charge in [-0.2, -0.15) is 0 Å². The molecule has 2 amide bonds. The number of hydrogen-bond acceptors (Lipinski definition) is 4. The van der Waals surface area contributed by atoms with Crippen LogP contribution in [0.4, 0.5) is 0 Å². The zero-order chi connectivity index (χ0) is 20.6. The number of rotatable bonds is 9. The summed E-state index contributed by atoms with van der Waals surface area (Å²) >= 11 is 4.80. The van der Waals surface area contributed by atoms with Crippen molar-refractivity contribution >= 4 is 39.5 Å². The highest BCUT2D eigenvalue weighted by atomic mass is 79.9. The predicted octanol–water partition coefficient (Wildman–Crippen LogP) is 3.63. The Morgan fingerprint density at radius 3 is 2.52 bits per heavy atom. The minimum absolute atomic E-state index is 0.0644. The van der Waals surface area contributed by atoms with Crippen molar-refractivity contribution in [3.8, 4) is 5.69 Å². The molecule has 6 nitrogen and oxygen atoms in total. The zero-order valence-corrected chi connectivity index (χ0v) is 18.1. The van der Waals surface area contributed by atoms with Gasteiger partial charge in [-0.25, -0.2) is 4.98 Å². The summed E-state index contributed by atoms with van der Waals surface area (Å²) in [5.74, 6) is -0.265. The third kappa shape index (κ3) is 6.20. The van der Waals surface area contributed by atoms with Crippen molar-refractivity contribution in [3.05, 3.63) is 77.0 Å². The fourth-order valence-corrected chi connectivity index (χ4v) is 3.89. The molecule has 2 aromatic carbocycles. The fraction of sp³-hybridized carbons (Fsp3) is 0.190. The van der Waals surface area contributed by atoms with E-state index in [9.17, 15) is 9.59 Å². The highest BCUT2D eigenvalue weighted by Crippen LogP contribution is 2.22. The summed E-state index contributed by atoms with van der Waals surface area (Å²) in [5, 5.41) is 0.732. The van der Waals surface area contributed by atoms with Gasteiger partial charge in [-0.1, -0.05) is 58.0 Å². The van der Waals surface area contributed by atoms with E-state index in [0.29, 0.717) is 13.1 Å². The molecule has 3 rings (SSSR count). The summed E-state index contributed by atoms with van der Waals surface area (Å²) in [4.78, 5) is 30.1. The van der Waals surface area contributed by atoms with Crippen LogP contribution in [0.3, 0.4) is 0 Å². The first-order valence-corrected chi connectivity index (χ1v) is 10.8. The van der Waals surface area contributed by atoms with E-state index in [0.717, 1.165) is 20.9 Å². The SMILES string of the molecule is NC(=O)CCN(Cc1ccccc1)C(=O)CSc1nccn1-c1ccc(Br)cc1. The van der Waals surface area contributed by atoms with E-state index in [2.05, 4.69) is 20.9 Å². The summed E-state index contributed by atoms with van der Waals surface area (Å²) in [6.45, 7) is 0.736. The van der Waals surface area contributed by atoms with Gasteiger partial charge in [0.25, 0.3) is 0 Å². The molecule has 0 spiro atoms. The molecule has 3 aromatic rings. The number of halogens is 1. The third-order valence-corrected chi connectivity index (χ3v) is 5.71. The van der Waals surface area contributed by atoms with Gasteiger partial charge in [-0.05, 0) is 29.8 Å². The number of nitrogens with two attached hydrogens (primary N) is 1. The quantitative estimate of drug-likeness (QED) is 0.482. The van der Waals surface area contributed by atoms with Crippen molar-refractivity contribution < 1.29 is 9.59 Å². The lowest BCUT2D eigenvalue weighted by molar-refractivity contribution is -0.129. The van der Waals surface area contributed by atoms with E-state index < -0.39 is 5.91 Å². The number of carbonyl (C=O) groups excluding carboxylic acids is 2. The van der Waals surface area contributed by atoms with Crippen molar-refractivity contribution in [2.75, 3.05) is 12.3 Å². The zero-order valence-electron chi connectivity index (χ0n) is 15.7. The number of imidazole rings is 1. The van der Waals surface area contributed by atoms with E-state index in [-0.39, 0.29) is 18.1 Å². The highest BCUT2D eigenvalue weighted by Gasteiger charge is 2.17. The van der Waals surface area contributed by atoms with Gasteiger partial charge < -0.3 is 10.6 Å². The molecule has 0 unspecified atom stereocenters. The molecular formula is C21H21BrN4O2S. The van der Waals surface area contributed by atoms with Gasteiger partial charge in [-0.3, -0.25) is 14.2 Å². The molecular weight excluding hydrogens is 452 g/mol. The molecule has 0 radical (unpaired) electrons. The number of amides is 2. The number of thioether (sulfide) groups is 1. The van der Waals surface area contributed by atoms with E-state index in [1.54, 1.807) is 11.1 Å². The van der Waals surface area contributed by atoms with Crippen LogP contribution in [-0.2, 0) is 16.1 Å². The van der Waals surface area contributed by atoms with E-state index in [1.807, 2.05) is 65.4 Å². The van der Waals surface area contributed by atoms with E-state index >= 15 is 0 Å². The summed E-state index contributed by atoms with van der Waals surface area (Å²) < 4.78 is 2.94. The molecule has 29 heavy (non-hydrogen) atoms. The van der Waals surface area contributed by atoms with Crippen molar-refractivity contribution in [3.63, 3.8) is 0 Å². The maximum absolute atomic E-state index is 12.9. The molecule has 0 bridgehead atoms. The molecule has 1 aromatic heterocycles. The topological polar surface area (TPSA) is 81.2 Å². The van der Waals surface area contributed by atoms with Crippen molar-refractivity contribution in [2.45, 2.75) is 18.1 Å². The van der Waals surface area contributed by atoms with E-state index in [1.165, 1.54) is 11.8 Å². The first-order valence-electron chi connectivity index (χ1n) is 9.05. The first-order chi connectivity index (χ1) is 14.0. The molecule has 2 N–H and O–H groups in total. The second-order valence-electron chi connectivity index (χ2n) is 6.36. The molecule has 150 valence electrons. The number of benzene rings is 2. The first kappa shape index (κ1) is 21.1. The molecule has 1 heterocycles. The van der Waals surface area contributed by atoms with Gasteiger partial charge in [0.15, 0.2) is 5.16 Å². The van der Waals surface area contributed by atoms with Gasteiger partial charge in [0, 0.05) is 42.1 Å². The molecule has 0 fully saturated rings. The van der Waals surface area contributed by atoms with Crippen LogP contribution in [0.25, 0.3) is 5.69 Å². The Bertz CT molecular complexity index is 960. The summed E-state index contributed by atoms with van der Waals surface area (Å²) in [5.41, 5.74) is 7.26. The van der Waals surface area contributed by atoms with Crippen LogP contribution in [0.1, 0.15) is 12.0 Å². The van der Waals surface area contributed by atoms with Crippen molar-refractivity contribution in [1.82, 2.24) is 14.5 Å². The lowest BCUT2D eigenvalue weighted by atomic mass is 10.2. The monoisotopic (exact) mass is 472 g/mol. The average Bonchev–Trinajstić information content (AvgIpc) is 3.19. The standard InChI is InChI=1S/C21H21BrN4O2S/c22-17-6-8-18(9-7-17)26-13-11-24-21(26)29-15-20(28)25(12-10-19(23)27)14-16-4-2-1-3-5-16/h1-9,11,13H,10,12,14-15H2,(H2,23,27). The molecule has 8 heteroatoms. The van der Waals surface area contributed by atoms with Crippen molar-refractivity contribution in [1.29, 1.82) is 0 Å². The fourth-order valence-electron chi connectivity index (χ4n) is 2.75. The molecule has 0 saturated heterocycles. The maximum Gasteiger partial charge on any atom is 0.233 e. The van der Waals surface area contributed by atoms with E-state index in [4.69, 9.17) is 5.73 Å². The Balaban J connectivity index is 1.67. The van der Waals surface area contributed by atoms with Crippen LogP contribution in [0.15, 0.2) is 76.6 Å². The summed E-state index contributed by atoms with van der Waals surface area (Å²) in [6.07, 6.45) is 3.71. The van der Waals surface area contributed by atoms with Crippen molar-refractivity contribution in [2.24, 2.45) is 5.73 Å². The largest absolute Gasteiger partial charge is 0.370 e. The average molecular weight is 473 g/mol. The normalized spacial score (nSPS) is 10.7. The van der Waals surface area contributed by atoms with Gasteiger partial charge >= 0.3 is 0 Å². The lowest BCUT2D eigenvalue weighted by Crippen LogP contribution is -2.34. The van der Waals surface area contributed by atoms with Gasteiger partial charge in [-0.15, -0.1) is 0 Å². The van der Waals surface area contributed by atoms with Crippen LogP contribution in [0.5, 0.6) is 0 Å². The van der Waals surface area contributed by atoms with Gasteiger partial charge in [0.2, 0.25) is 11.8 Å². The highest BCUT2D eigenvalue weighted by molar-refractivity contribution is 9.10. The second kappa shape index (κ2) is 10.3. The Labute approximate surface area is 182 Å². The molecule has 0 aliphatic carbocycles. The number of hydrogen-bond donors (Lipinski definition) is 1. The number of carbonyl (C=O) groups is 2. The van der Waals surface area contributed by atoms with Gasteiger partial charge in [0.1, 0.15) is 0 Å². The Hall–Kier alpha value is -2.58. The summed E-state index contributed by atoms with van der Waals surface area (Å²) in [6, 6.07) is 17.6. The summed E-state index contributed by atoms with van der Waals surface area (Å²) in [7, 11) is 0. The predicted molar refractivity (Wildman–Crippen MR) is 118 cm³/mol. The molecule has 0 atom stereocenters. The lowest BCUT2D eigenvalue weighted by Gasteiger charge is -2.22. The van der Waals surface area contributed by atoms with Crippen LogP contribution in [-0.4, -0.2) is 38.6 Å². The maximum atomic E-state index is 12.9. The smallest absolute Gasteiger partial charge is 0.233 e. The Morgan fingerprint density at radius 1 is 1.10 bits per heavy atom. The van der Waals surface area contributed by atoms with Crippen LogP contribution in [0.2, 0.25) is 0 Å². The third-order valence-electron chi connectivity index (χ3n) is 4.23. The molecule has 0 aliphatic heterocycles. The van der Waals surface area contributed by atoms with Crippen LogP contribution < -0.4 is 5.73 Å². The van der Waals surface area contributed by atoms with Crippen LogP contribution in [0, 0.1) is 0 Å². The van der Waals surface area contributed by atoms with Gasteiger partial charge in [0.05, 0.1) is 5.75 Å². The van der Waals surface area contributed by atoms with Crippen LogP contribution >= 0.6 is 27.7 Å². The Morgan fingerprint density at radius 2 is 1.83 bits per heavy atom. The minimum atomic E-state index is -0.422. The number of primary amides is 1. The number of aromatic nitrogens is 2. The second-order valence-corrected chi connectivity index (χ2v) is 8.22.